The van der Waals surface area contributed by atoms with E-state index in [1.165, 1.54) is 12.8 Å². The molecule has 0 N–H and O–H groups in total. The van der Waals surface area contributed by atoms with Crippen LogP contribution in [-0.4, -0.2) is 19.0 Å². The first-order valence-corrected chi connectivity index (χ1v) is 6.22. The highest BCUT2D eigenvalue weighted by molar-refractivity contribution is 5.76. The molecular weight excluding hydrogens is 216 g/mol. The van der Waals surface area contributed by atoms with Crippen LogP contribution in [0.2, 0.25) is 0 Å². The molecule has 0 bridgehead atoms. The molecule has 0 spiro atoms. The Labute approximate surface area is 102 Å². The molecule has 0 aliphatic heterocycles. The molecule has 1 aliphatic rings. The topological polar surface area (TPSA) is 35.5 Å². The fraction of sp³-hybridized carbons (Fsp3) is 0.500. The first kappa shape index (κ1) is 12.0. The van der Waals surface area contributed by atoms with Crippen molar-refractivity contribution in [3.63, 3.8) is 0 Å². The molecule has 0 atom stereocenters. The Balaban J connectivity index is 2.17. The summed E-state index contributed by atoms with van der Waals surface area (Å²) in [5.74, 6) is 1.42. The summed E-state index contributed by atoms with van der Waals surface area (Å²) in [6.45, 7) is 2.54. The van der Waals surface area contributed by atoms with Crippen LogP contribution in [0.15, 0.2) is 18.2 Å². The van der Waals surface area contributed by atoms with Gasteiger partial charge in [0.25, 0.3) is 0 Å². The highest BCUT2D eigenvalue weighted by atomic mass is 16.5. The molecule has 0 radical (unpaired) electrons. The lowest BCUT2D eigenvalue weighted by molar-refractivity contribution is 0.112. The third-order valence-electron chi connectivity index (χ3n) is 3.00. The van der Waals surface area contributed by atoms with Crippen molar-refractivity contribution in [1.82, 2.24) is 0 Å². The van der Waals surface area contributed by atoms with Gasteiger partial charge in [0.05, 0.1) is 12.7 Å². The summed E-state index contributed by atoms with van der Waals surface area (Å²) < 4.78 is 11.4. The van der Waals surface area contributed by atoms with Gasteiger partial charge in [0.2, 0.25) is 0 Å². The van der Waals surface area contributed by atoms with Crippen molar-refractivity contribution in [2.75, 3.05) is 6.61 Å². The van der Waals surface area contributed by atoms with Crippen LogP contribution in [0.4, 0.5) is 0 Å². The van der Waals surface area contributed by atoms with Crippen molar-refractivity contribution in [3.05, 3.63) is 23.8 Å². The van der Waals surface area contributed by atoms with Crippen LogP contribution in [0.3, 0.4) is 0 Å². The minimum Gasteiger partial charge on any atom is -0.490 e. The fourth-order valence-electron chi connectivity index (χ4n) is 2.15. The maximum absolute atomic E-state index is 10.8. The van der Waals surface area contributed by atoms with E-state index in [1.807, 2.05) is 6.92 Å². The molecule has 0 amide bonds. The van der Waals surface area contributed by atoms with Crippen molar-refractivity contribution in [2.24, 2.45) is 0 Å². The van der Waals surface area contributed by atoms with E-state index >= 15 is 0 Å². The molecule has 1 aliphatic carbocycles. The molecular formula is C14H18O3. The average molecular weight is 234 g/mol. The molecule has 3 heteroatoms. The van der Waals surface area contributed by atoms with E-state index < -0.39 is 0 Å². The maximum Gasteiger partial charge on any atom is 0.162 e. The molecule has 1 aromatic rings. The van der Waals surface area contributed by atoms with Gasteiger partial charge < -0.3 is 9.47 Å². The molecule has 1 saturated carbocycles. The van der Waals surface area contributed by atoms with Crippen LogP contribution in [0.1, 0.15) is 43.0 Å². The molecule has 0 heterocycles. The average Bonchev–Trinajstić information content (AvgIpc) is 2.84. The third-order valence-corrected chi connectivity index (χ3v) is 3.00. The third kappa shape index (κ3) is 2.99. The zero-order chi connectivity index (χ0) is 12.1. The summed E-state index contributed by atoms with van der Waals surface area (Å²) in [7, 11) is 0. The van der Waals surface area contributed by atoms with Gasteiger partial charge in [-0.3, -0.25) is 4.79 Å². The summed E-state index contributed by atoms with van der Waals surface area (Å²) in [5.41, 5.74) is 0.626. The quantitative estimate of drug-likeness (QED) is 0.734. The lowest BCUT2D eigenvalue weighted by Gasteiger charge is -2.16. The Hall–Kier alpha value is -1.51. The van der Waals surface area contributed by atoms with E-state index in [2.05, 4.69) is 0 Å². The first-order valence-electron chi connectivity index (χ1n) is 6.22. The Morgan fingerprint density at radius 3 is 2.71 bits per heavy atom. The number of rotatable bonds is 5. The molecule has 1 fully saturated rings. The van der Waals surface area contributed by atoms with Gasteiger partial charge >= 0.3 is 0 Å². The Morgan fingerprint density at radius 2 is 2.06 bits per heavy atom. The highest BCUT2D eigenvalue weighted by Gasteiger charge is 2.18. The van der Waals surface area contributed by atoms with Gasteiger partial charge in [-0.25, -0.2) is 0 Å². The van der Waals surface area contributed by atoms with Crippen molar-refractivity contribution < 1.29 is 14.3 Å². The number of hydrogen-bond donors (Lipinski definition) is 0. The monoisotopic (exact) mass is 234 g/mol. The molecule has 0 aromatic heterocycles. The van der Waals surface area contributed by atoms with Crippen molar-refractivity contribution in [3.8, 4) is 11.5 Å². The minimum atomic E-state index is 0.274. The predicted octanol–water partition coefficient (Wildman–Crippen LogP) is 3.22. The van der Waals surface area contributed by atoms with E-state index in [4.69, 9.17) is 9.47 Å². The zero-order valence-corrected chi connectivity index (χ0v) is 10.1. The summed E-state index contributed by atoms with van der Waals surface area (Å²) in [4.78, 5) is 10.8. The van der Waals surface area contributed by atoms with Gasteiger partial charge in [-0.05, 0) is 50.8 Å². The summed E-state index contributed by atoms with van der Waals surface area (Å²) in [6, 6.07) is 5.31. The van der Waals surface area contributed by atoms with E-state index in [9.17, 15) is 4.79 Å². The van der Waals surface area contributed by atoms with Crippen LogP contribution >= 0.6 is 0 Å². The van der Waals surface area contributed by atoms with Crippen LogP contribution in [-0.2, 0) is 0 Å². The van der Waals surface area contributed by atoms with Gasteiger partial charge in [-0.15, -0.1) is 0 Å². The second-order valence-electron chi connectivity index (χ2n) is 4.28. The molecule has 3 nitrogen and oxygen atoms in total. The molecule has 0 unspecified atom stereocenters. The smallest absolute Gasteiger partial charge is 0.162 e. The lowest BCUT2D eigenvalue weighted by Crippen LogP contribution is -2.12. The Bertz CT molecular complexity index is 381. The highest BCUT2D eigenvalue weighted by Crippen LogP contribution is 2.32. The van der Waals surface area contributed by atoms with Crippen LogP contribution < -0.4 is 9.47 Å². The number of carbonyl (C=O) groups is 1. The zero-order valence-electron chi connectivity index (χ0n) is 10.1. The van der Waals surface area contributed by atoms with Gasteiger partial charge in [0.1, 0.15) is 6.29 Å². The lowest BCUT2D eigenvalue weighted by atomic mass is 10.2. The largest absolute Gasteiger partial charge is 0.490 e. The molecule has 1 aromatic carbocycles. The SMILES string of the molecule is CCOc1ccc(C=O)cc1OC1CCCC1. The van der Waals surface area contributed by atoms with Gasteiger partial charge in [0.15, 0.2) is 11.5 Å². The van der Waals surface area contributed by atoms with Crippen molar-refractivity contribution >= 4 is 6.29 Å². The standard InChI is InChI=1S/C14H18O3/c1-2-16-13-8-7-11(10-15)9-14(13)17-12-5-3-4-6-12/h7-10,12H,2-6H2,1H3. The van der Waals surface area contributed by atoms with Crippen LogP contribution in [0, 0.1) is 0 Å². The number of aldehydes is 1. The van der Waals surface area contributed by atoms with E-state index in [0.29, 0.717) is 17.9 Å². The number of carbonyl (C=O) groups excluding carboxylic acids is 1. The van der Waals surface area contributed by atoms with Gasteiger partial charge in [-0.2, -0.15) is 0 Å². The summed E-state index contributed by atoms with van der Waals surface area (Å²) in [5, 5.41) is 0. The van der Waals surface area contributed by atoms with Crippen LogP contribution in [0.5, 0.6) is 11.5 Å². The molecule has 0 saturated heterocycles. The summed E-state index contributed by atoms with van der Waals surface area (Å²) >= 11 is 0. The number of benzene rings is 1. The summed E-state index contributed by atoms with van der Waals surface area (Å²) in [6.07, 6.45) is 5.74. The van der Waals surface area contributed by atoms with Gasteiger partial charge in [0, 0.05) is 5.56 Å². The fourth-order valence-corrected chi connectivity index (χ4v) is 2.15. The predicted molar refractivity (Wildman–Crippen MR) is 65.9 cm³/mol. The van der Waals surface area contributed by atoms with E-state index in [1.54, 1.807) is 18.2 Å². The van der Waals surface area contributed by atoms with Gasteiger partial charge in [-0.1, -0.05) is 0 Å². The molecule has 92 valence electrons. The Morgan fingerprint density at radius 1 is 1.29 bits per heavy atom. The Kier molecular flexibility index (Phi) is 4.02. The van der Waals surface area contributed by atoms with Crippen molar-refractivity contribution in [2.45, 2.75) is 38.7 Å². The molecule has 17 heavy (non-hydrogen) atoms. The maximum atomic E-state index is 10.8. The number of ether oxygens (including phenoxy) is 2. The van der Waals surface area contributed by atoms with E-state index in [0.717, 1.165) is 24.9 Å². The van der Waals surface area contributed by atoms with Crippen LogP contribution in [0.25, 0.3) is 0 Å². The molecule has 2 rings (SSSR count). The normalized spacial score (nSPS) is 15.8. The second kappa shape index (κ2) is 5.71. The second-order valence-corrected chi connectivity index (χ2v) is 4.28. The van der Waals surface area contributed by atoms with Crippen molar-refractivity contribution in [1.29, 1.82) is 0 Å². The number of hydrogen-bond acceptors (Lipinski definition) is 3. The first-order chi connectivity index (χ1) is 8.33. The minimum absolute atomic E-state index is 0.274. The van der Waals surface area contributed by atoms with E-state index in [-0.39, 0.29) is 6.10 Å².